The zero-order valence-corrected chi connectivity index (χ0v) is 4.27. The predicted molar refractivity (Wildman–Crippen MR) is 36.3 cm³/mol. The van der Waals surface area contributed by atoms with Crippen LogP contribution in [0.25, 0.3) is 0 Å². The molecular formula is C3H9N4NaO. The standard InChI is InChI=1S/C3H8N4O.Na.H/c4-2(8)1-7-3(5)6;;/h1H2,(H2,4,8)(H4,5,6,7);;. The van der Waals surface area contributed by atoms with Crippen LogP contribution in [0.2, 0.25) is 0 Å². The first kappa shape index (κ1) is 11.5. The Hall–Kier alpha value is -0.260. The molecule has 0 saturated carbocycles. The summed E-state index contributed by atoms with van der Waals surface area (Å²) >= 11 is 0. The number of carbonyl (C=O) groups is 1. The molecule has 0 fully saturated rings. The van der Waals surface area contributed by atoms with E-state index in [1.165, 1.54) is 0 Å². The van der Waals surface area contributed by atoms with E-state index in [9.17, 15) is 4.79 Å². The molecule has 0 unspecified atom stereocenters. The monoisotopic (exact) mass is 140 g/mol. The number of primary amides is 1. The Kier molecular flexibility index (Phi) is 7.52. The van der Waals surface area contributed by atoms with Gasteiger partial charge in [-0.2, -0.15) is 0 Å². The minimum absolute atomic E-state index is 0. The van der Waals surface area contributed by atoms with Crippen LogP contribution in [-0.2, 0) is 4.79 Å². The number of nitrogens with two attached hydrogens (primary N) is 2. The summed E-state index contributed by atoms with van der Waals surface area (Å²) in [5.74, 6) is -0.774. The molecule has 0 heterocycles. The van der Waals surface area contributed by atoms with Crippen molar-refractivity contribution >= 4 is 41.4 Å². The Morgan fingerprint density at radius 2 is 2.00 bits per heavy atom. The molecule has 1 amide bonds. The molecule has 6 N–H and O–H groups in total. The molecule has 0 bridgehead atoms. The van der Waals surface area contributed by atoms with Crippen LogP contribution in [0.4, 0.5) is 0 Å². The van der Waals surface area contributed by atoms with Gasteiger partial charge in [0.05, 0.1) is 6.54 Å². The van der Waals surface area contributed by atoms with Gasteiger partial charge in [0, 0.05) is 0 Å². The van der Waals surface area contributed by atoms with E-state index < -0.39 is 5.91 Å². The van der Waals surface area contributed by atoms with Crippen molar-refractivity contribution in [3.05, 3.63) is 0 Å². The van der Waals surface area contributed by atoms with Crippen LogP contribution in [0.15, 0.2) is 0 Å². The molecule has 0 aromatic heterocycles. The maximum absolute atomic E-state index is 9.91. The second-order valence-corrected chi connectivity index (χ2v) is 1.23. The summed E-state index contributed by atoms with van der Waals surface area (Å²) in [6.07, 6.45) is 0. The van der Waals surface area contributed by atoms with Crippen molar-refractivity contribution in [2.24, 2.45) is 11.5 Å². The molecular weight excluding hydrogens is 131 g/mol. The Morgan fingerprint density at radius 1 is 1.56 bits per heavy atom. The number of nitrogens with one attached hydrogen (secondary N) is 2. The molecule has 0 atom stereocenters. The van der Waals surface area contributed by atoms with Crippen molar-refractivity contribution in [1.29, 1.82) is 5.41 Å². The third kappa shape index (κ3) is 11.4. The van der Waals surface area contributed by atoms with Crippen LogP contribution in [0.5, 0.6) is 0 Å². The second-order valence-electron chi connectivity index (χ2n) is 1.23. The van der Waals surface area contributed by atoms with Crippen LogP contribution >= 0.6 is 0 Å². The average molecular weight is 140 g/mol. The maximum atomic E-state index is 9.91. The van der Waals surface area contributed by atoms with Gasteiger partial charge < -0.3 is 16.8 Å². The summed E-state index contributed by atoms with van der Waals surface area (Å²) in [7, 11) is 0. The van der Waals surface area contributed by atoms with Gasteiger partial charge in [-0.1, -0.05) is 0 Å². The zero-order valence-electron chi connectivity index (χ0n) is 4.27. The summed E-state index contributed by atoms with van der Waals surface area (Å²) < 4.78 is 0. The summed E-state index contributed by atoms with van der Waals surface area (Å²) in [6.45, 7) is -0.0741. The Labute approximate surface area is 75.0 Å². The number of rotatable bonds is 2. The van der Waals surface area contributed by atoms with Crippen molar-refractivity contribution in [2.75, 3.05) is 6.54 Å². The molecule has 0 aromatic rings. The Bertz CT molecular complexity index is 100. The fourth-order valence-electron chi connectivity index (χ4n) is 0.182. The average Bonchev–Trinajstić information content (AvgIpc) is 1.61. The van der Waals surface area contributed by atoms with E-state index in [1.54, 1.807) is 0 Å². The summed E-state index contributed by atoms with van der Waals surface area (Å²) in [5, 5.41) is 8.78. The van der Waals surface area contributed by atoms with Crippen LogP contribution in [-0.4, -0.2) is 48.0 Å². The van der Waals surface area contributed by atoms with Crippen molar-refractivity contribution in [3.63, 3.8) is 0 Å². The van der Waals surface area contributed by atoms with Gasteiger partial charge in [-0.05, 0) is 0 Å². The molecule has 6 heteroatoms. The van der Waals surface area contributed by atoms with Crippen LogP contribution in [0.1, 0.15) is 0 Å². The minimum atomic E-state index is -0.528. The molecule has 0 spiro atoms. The van der Waals surface area contributed by atoms with Crippen molar-refractivity contribution in [3.8, 4) is 0 Å². The number of hydrogen-bond donors (Lipinski definition) is 4. The van der Waals surface area contributed by atoms with Crippen molar-refractivity contribution in [1.82, 2.24) is 5.32 Å². The van der Waals surface area contributed by atoms with Crippen molar-refractivity contribution in [2.45, 2.75) is 0 Å². The summed E-state index contributed by atoms with van der Waals surface area (Å²) in [5.41, 5.74) is 9.49. The molecule has 0 aromatic carbocycles. The third-order valence-electron chi connectivity index (χ3n) is 0.453. The van der Waals surface area contributed by atoms with Gasteiger partial charge in [0.2, 0.25) is 5.91 Å². The normalized spacial score (nSPS) is 7.11. The fourth-order valence-corrected chi connectivity index (χ4v) is 0.182. The molecule has 0 aliphatic carbocycles. The van der Waals surface area contributed by atoms with Gasteiger partial charge in [0.1, 0.15) is 0 Å². The molecule has 9 heavy (non-hydrogen) atoms. The fraction of sp³-hybridized carbons (Fsp3) is 0.333. The zero-order chi connectivity index (χ0) is 6.57. The molecule has 5 nitrogen and oxygen atoms in total. The third-order valence-corrected chi connectivity index (χ3v) is 0.453. The molecule has 0 radical (unpaired) electrons. The molecule has 0 aliphatic heterocycles. The van der Waals surface area contributed by atoms with Crippen LogP contribution in [0, 0.1) is 5.41 Å². The number of carbonyl (C=O) groups excluding carboxylic acids is 1. The second kappa shape index (κ2) is 5.87. The van der Waals surface area contributed by atoms with E-state index >= 15 is 0 Å². The topological polar surface area (TPSA) is 105 Å². The quantitative estimate of drug-likeness (QED) is 0.190. The number of guanidine groups is 1. The first-order valence-electron chi connectivity index (χ1n) is 1.99. The van der Waals surface area contributed by atoms with E-state index in [-0.39, 0.29) is 42.1 Å². The van der Waals surface area contributed by atoms with Gasteiger partial charge in [0.25, 0.3) is 0 Å². The number of hydrogen-bond acceptors (Lipinski definition) is 2. The van der Waals surface area contributed by atoms with Gasteiger partial charge in [-0.15, -0.1) is 0 Å². The van der Waals surface area contributed by atoms with E-state index in [1.807, 2.05) is 0 Å². The Morgan fingerprint density at radius 3 is 2.11 bits per heavy atom. The van der Waals surface area contributed by atoms with Crippen LogP contribution < -0.4 is 16.8 Å². The van der Waals surface area contributed by atoms with Crippen LogP contribution in [0.3, 0.4) is 0 Å². The summed E-state index contributed by atoms with van der Waals surface area (Å²) in [4.78, 5) is 9.91. The van der Waals surface area contributed by atoms with Gasteiger partial charge in [0.15, 0.2) is 5.96 Å². The van der Waals surface area contributed by atoms with E-state index in [4.69, 9.17) is 11.1 Å². The van der Waals surface area contributed by atoms with Gasteiger partial charge >= 0.3 is 29.6 Å². The molecule has 0 saturated heterocycles. The van der Waals surface area contributed by atoms with Gasteiger partial charge in [-0.25, -0.2) is 0 Å². The molecule has 0 rings (SSSR count). The SMILES string of the molecule is N=C(N)NCC(N)=O.[NaH]. The van der Waals surface area contributed by atoms with Crippen molar-refractivity contribution < 1.29 is 4.79 Å². The van der Waals surface area contributed by atoms with Gasteiger partial charge in [-0.3, -0.25) is 10.2 Å². The van der Waals surface area contributed by atoms with E-state index in [0.29, 0.717) is 0 Å². The molecule has 48 valence electrons. The first-order chi connectivity index (χ1) is 3.63. The molecule has 0 aliphatic rings. The first-order valence-corrected chi connectivity index (χ1v) is 1.99. The predicted octanol–water partition coefficient (Wildman–Crippen LogP) is -2.69. The van der Waals surface area contributed by atoms with E-state index in [0.717, 1.165) is 0 Å². The van der Waals surface area contributed by atoms with E-state index in [2.05, 4.69) is 11.1 Å². The Balaban J connectivity index is 0. The number of amides is 1. The summed E-state index contributed by atoms with van der Waals surface area (Å²) in [6, 6.07) is 0.